The van der Waals surface area contributed by atoms with Crippen LogP contribution in [0.3, 0.4) is 0 Å². The van der Waals surface area contributed by atoms with E-state index < -0.39 is 0 Å². The van der Waals surface area contributed by atoms with Gasteiger partial charge in [-0.3, -0.25) is 9.69 Å². The monoisotopic (exact) mass is 342 g/mol. The Balaban J connectivity index is 1.63. The van der Waals surface area contributed by atoms with Crippen molar-refractivity contribution in [1.82, 2.24) is 30.0 Å². The minimum Gasteiger partial charge on any atom is -0.379 e. The molecule has 1 amide bonds. The van der Waals surface area contributed by atoms with Crippen molar-refractivity contribution < 1.29 is 9.53 Å². The van der Waals surface area contributed by atoms with Crippen molar-refractivity contribution in [2.75, 3.05) is 39.4 Å². The first-order valence-electron chi connectivity index (χ1n) is 8.73. The summed E-state index contributed by atoms with van der Waals surface area (Å²) in [6.07, 6.45) is 1.08. The highest BCUT2D eigenvalue weighted by Gasteiger charge is 2.30. The third-order valence-corrected chi connectivity index (χ3v) is 4.82. The van der Waals surface area contributed by atoms with Crippen LogP contribution in [0, 0.1) is 0 Å². The summed E-state index contributed by atoms with van der Waals surface area (Å²) in [7, 11) is 0. The van der Waals surface area contributed by atoms with Crippen LogP contribution < -0.4 is 0 Å². The third kappa shape index (κ3) is 3.40. The molecule has 0 saturated carbocycles. The molecular formula is C17H22N6O2. The number of hydrogen-bond donors (Lipinski definition) is 0. The largest absolute Gasteiger partial charge is 0.379 e. The van der Waals surface area contributed by atoms with Gasteiger partial charge in [-0.25, -0.2) is 4.68 Å². The van der Waals surface area contributed by atoms with Crippen LogP contribution in [0.1, 0.15) is 23.9 Å². The smallest absolute Gasteiger partial charge is 0.244 e. The van der Waals surface area contributed by atoms with E-state index in [2.05, 4.69) is 32.6 Å². The van der Waals surface area contributed by atoms with Gasteiger partial charge in [0.25, 0.3) is 0 Å². The molecule has 2 aliphatic rings. The molecule has 3 heterocycles. The summed E-state index contributed by atoms with van der Waals surface area (Å²) in [5.41, 5.74) is 1.12. The maximum absolute atomic E-state index is 12.4. The SMILES string of the molecule is O=C(Cn1nnnc1[C@H](c1ccccc1)N1CCOCC1)N1CCC1. The van der Waals surface area contributed by atoms with Crippen LogP contribution in [0.25, 0.3) is 0 Å². The molecule has 0 aliphatic carbocycles. The predicted molar refractivity (Wildman–Crippen MR) is 89.7 cm³/mol. The quantitative estimate of drug-likeness (QED) is 0.779. The summed E-state index contributed by atoms with van der Waals surface area (Å²) in [4.78, 5) is 16.5. The molecule has 132 valence electrons. The van der Waals surface area contributed by atoms with E-state index in [4.69, 9.17) is 4.74 Å². The van der Waals surface area contributed by atoms with E-state index in [1.165, 1.54) is 0 Å². The Bertz CT molecular complexity index is 709. The van der Waals surface area contributed by atoms with Crippen molar-refractivity contribution in [2.24, 2.45) is 0 Å². The van der Waals surface area contributed by atoms with E-state index in [1.807, 2.05) is 23.1 Å². The molecule has 4 rings (SSSR count). The van der Waals surface area contributed by atoms with Gasteiger partial charge in [0.2, 0.25) is 5.91 Å². The lowest BCUT2D eigenvalue weighted by molar-refractivity contribution is -0.135. The molecule has 2 fully saturated rings. The minimum absolute atomic E-state index is 0.0774. The molecule has 2 aliphatic heterocycles. The Kier molecular flexibility index (Phi) is 4.71. The summed E-state index contributed by atoms with van der Waals surface area (Å²) in [5, 5.41) is 12.2. The second-order valence-corrected chi connectivity index (χ2v) is 6.39. The van der Waals surface area contributed by atoms with Crippen LogP contribution in [-0.2, 0) is 16.1 Å². The van der Waals surface area contributed by atoms with Crippen LogP contribution in [0.5, 0.6) is 0 Å². The fourth-order valence-electron chi connectivity index (χ4n) is 3.31. The maximum atomic E-state index is 12.4. The zero-order chi connectivity index (χ0) is 17.1. The van der Waals surface area contributed by atoms with E-state index in [1.54, 1.807) is 4.68 Å². The summed E-state index contributed by atoms with van der Waals surface area (Å²) in [5.74, 6) is 0.788. The Morgan fingerprint density at radius 2 is 1.88 bits per heavy atom. The first-order chi connectivity index (χ1) is 12.3. The molecule has 25 heavy (non-hydrogen) atoms. The lowest BCUT2D eigenvalue weighted by atomic mass is 10.0. The van der Waals surface area contributed by atoms with Crippen molar-refractivity contribution >= 4 is 5.91 Å². The summed E-state index contributed by atoms with van der Waals surface area (Å²) in [6.45, 7) is 4.87. The van der Waals surface area contributed by atoms with Crippen LogP contribution in [0.2, 0.25) is 0 Å². The number of aromatic nitrogens is 4. The van der Waals surface area contributed by atoms with Gasteiger partial charge in [-0.2, -0.15) is 0 Å². The number of hydrogen-bond acceptors (Lipinski definition) is 6. The molecule has 8 heteroatoms. The lowest BCUT2D eigenvalue weighted by Gasteiger charge is -2.34. The molecule has 1 atom stereocenters. The van der Waals surface area contributed by atoms with Crippen LogP contribution in [-0.4, -0.2) is 75.3 Å². The van der Waals surface area contributed by atoms with Crippen molar-refractivity contribution in [3.63, 3.8) is 0 Å². The highest BCUT2D eigenvalue weighted by atomic mass is 16.5. The number of amides is 1. The van der Waals surface area contributed by atoms with Gasteiger partial charge in [-0.05, 0) is 22.4 Å². The average molecular weight is 342 g/mol. The van der Waals surface area contributed by atoms with Gasteiger partial charge in [-0.1, -0.05) is 30.3 Å². The Morgan fingerprint density at radius 1 is 1.12 bits per heavy atom. The van der Waals surface area contributed by atoms with Gasteiger partial charge in [0.15, 0.2) is 5.82 Å². The number of likely N-dealkylation sites (tertiary alicyclic amines) is 1. The molecule has 0 radical (unpaired) electrons. The molecule has 2 aromatic rings. The van der Waals surface area contributed by atoms with Gasteiger partial charge in [0.05, 0.1) is 19.3 Å². The van der Waals surface area contributed by atoms with E-state index in [0.717, 1.165) is 38.2 Å². The number of rotatable bonds is 5. The second-order valence-electron chi connectivity index (χ2n) is 6.39. The zero-order valence-corrected chi connectivity index (χ0v) is 14.1. The number of benzene rings is 1. The second kappa shape index (κ2) is 7.28. The average Bonchev–Trinajstić information content (AvgIpc) is 3.03. The van der Waals surface area contributed by atoms with Crippen molar-refractivity contribution in [3.05, 3.63) is 41.7 Å². The predicted octanol–water partition coefficient (Wildman–Crippen LogP) is 0.327. The van der Waals surface area contributed by atoms with E-state index in [-0.39, 0.29) is 18.5 Å². The van der Waals surface area contributed by atoms with Gasteiger partial charge >= 0.3 is 0 Å². The van der Waals surface area contributed by atoms with Gasteiger partial charge < -0.3 is 9.64 Å². The van der Waals surface area contributed by atoms with E-state index in [9.17, 15) is 4.79 Å². The molecular weight excluding hydrogens is 320 g/mol. The molecule has 1 aromatic carbocycles. The molecule has 1 aromatic heterocycles. The Hall–Kier alpha value is -2.32. The molecule has 0 spiro atoms. The molecule has 0 unspecified atom stereocenters. The van der Waals surface area contributed by atoms with E-state index >= 15 is 0 Å². The number of ether oxygens (including phenoxy) is 1. The summed E-state index contributed by atoms with van der Waals surface area (Å²) >= 11 is 0. The first kappa shape index (κ1) is 16.2. The lowest BCUT2D eigenvalue weighted by Crippen LogP contribution is -2.44. The minimum atomic E-state index is -0.0794. The van der Waals surface area contributed by atoms with Crippen LogP contribution in [0.15, 0.2) is 30.3 Å². The highest BCUT2D eigenvalue weighted by Crippen LogP contribution is 2.27. The maximum Gasteiger partial charge on any atom is 0.244 e. The standard InChI is InChI=1S/C17H22N6O2/c24-15(21-7-4-8-21)13-23-17(18-19-20-23)16(14-5-2-1-3-6-14)22-9-11-25-12-10-22/h1-3,5-6,16H,4,7-13H2/t16-/m0/s1. The number of nitrogens with zero attached hydrogens (tertiary/aromatic N) is 6. The van der Waals surface area contributed by atoms with Crippen LogP contribution in [0.4, 0.5) is 0 Å². The molecule has 0 bridgehead atoms. The first-order valence-corrected chi connectivity index (χ1v) is 8.73. The number of carbonyl (C=O) groups excluding carboxylic acids is 1. The number of tetrazole rings is 1. The molecule has 2 saturated heterocycles. The fourth-order valence-corrected chi connectivity index (χ4v) is 3.31. The molecule has 8 nitrogen and oxygen atoms in total. The Labute approximate surface area is 146 Å². The normalized spacial score (nSPS) is 19.4. The Morgan fingerprint density at radius 3 is 2.56 bits per heavy atom. The van der Waals surface area contributed by atoms with Crippen molar-refractivity contribution in [2.45, 2.75) is 19.0 Å². The fraction of sp³-hybridized carbons (Fsp3) is 0.529. The third-order valence-electron chi connectivity index (χ3n) is 4.82. The van der Waals surface area contributed by atoms with Gasteiger partial charge in [0.1, 0.15) is 6.54 Å². The van der Waals surface area contributed by atoms with E-state index in [0.29, 0.717) is 19.0 Å². The number of morpholine rings is 1. The zero-order valence-electron chi connectivity index (χ0n) is 14.1. The van der Waals surface area contributed by atoms with Gasteiger partial charge in [0, 0.05) is 26.2 Å². The van der Waals surface area contributed by atoms with Gasteiger partial charge in [-0.15, -0.1) is 5.10 Å². The topological polar surface area (TPSA) is 76.4 Å². The van der Waals surface area contributed by atoms with Crippen LogP contribution >= 0.6 is 0 Å². The van der Waals surface area contributed by atoms with Crippen molar-refractivity contribution in [3.8, 4) is 0 Å². The highest BCUT2D eigenvalue weighted by molar-refractivity contribution is 5.76. The molecule has 0 N–H and O–H groups in total. The van der Waals surface area contributed by atoms with Crippen molar-refractivity contribution in [1.29, 1.82) is 0 Å². The summed E-state index contributed by atoms with van der Waals surface area (Å²) < 4.78 is 7.14. The number of carbonyl (C=O) groups is 1. The summed E-state index contributed by atoms with van der Waals surface area (Å²) in [6, 6.07) is 10.1.